The molecule has 0 spiro atoms. The molecule has 1 aromatic carbocycles. The van der Waals surface area contributed by atoms with Gasteiger partial charge in [0.25, 0.3) is 0 Å². The van der Waals surface area contributed by atoms with Crippen LogP contribution in [-0.2, 0) is 4.74 Å². The predicted octanol–water partition coefficient (Wildman–Crippen LogP) is 2.68. The molecular formula is C20H23N7O. The Bertz CT molecular complexity index is 991. The van der Waals surface area contributed by atoms with E-state index in [4.69, 9.17) is 10.1 Å². The van der Waals surface area contributed by atoms with E-state index >= 15 is 0 Å². The maximum Gasteiger partial charge on any atom is 0.132 e. The fourth-order valence-corrected chi connectivity index (χ4v) is 3.31. The largest absolute Gasteiger partial charge is 0.378 e. The Kier molecular flexibility index (Phi) is 5.38. The van der Waals surface area contributed by atoms with Crippen LogP contribution in [-0.4, -0.2) is 65.4 Å². The lowest BCUT2D eigenvalue weighted by molar-refractivity contribution is 0.122. The van der Waals surface area contributed by atoms with Gasteiger partial charge in [0.1, 0.15) is 17.8 Å². The Balaban J connectivity index is 1.67. The van der Waals surface area contributed by atoms with E-state index in [9.17, 15) is 0 Å². The number of hydrogen-bond acceptors (Lipinski definition) is 7. The van der Waals surface area contributed by atoms with E-state index in [1.54, 1.807) is 6.33 Å². The van der Waals surface area contributed by atoms with Gasteiger partial charge < -0.3 is 15.0 Å². The van der Waals surface area contributed by atoms with E-state index in [0.29, 0.717) is 19.8 Å². The Hall–Kier alpha value is -3.13. The molecule has 0 aliphatic carbocycles. The first-order valence-electron chi connectivity index (χ1n) is 9.38. The number of anilines is 1. The summed E-state index contributed by atoms with van der Waals surface area (Å²) in [4.78, 5) is 15.3. The standard InChI is InChI=1S/C20H23N7O/c1-14(12-22-5-4-21)15-2-3-17-16(10-15)20(26-25-17)18-11-19(24-13-23-18)27-6-8-28-9-7-27/h2-4,10-14,21H,5-9H2,1H3,(H,25,26). The molecule has 4 rings (SSSR count). The van der Waals surface area contributed by atoms with Crippen molar-refractivity contribution in [2.24, 2.45) is 4.99 Å². The first kappa shape index (κ1) is 18.2. The number of aliphatic imine (C=N–C) groups is 1. The number of nitrogens with one attached hydrogen (secondary N) is 2. The van der Waals surface area contributed by atoms with Crippen LogP contribution in [0.25, 0.3) is 22.3 Å². The van der Waals surface area contributed by atoms with Crippen LogP contribution in [0.2, 0.25) is 0 Å². The normalized spacial score (nSPS) is 16.0. The first-order valence-corrected chi connectivity index (χ1v) is 9.38. The Morgan fingerprint density at radius 3 is 2.96 bits per heavy atom. The molecule has 0 bridgehead atoms. The van der Waals surface area contributed by atoms with E-state index in [2.05, 4.69) is 49.1 Å². The van der Waals surface area contributed by atoms with Crippen molar-refractivity contribution < 1.29 is 4.74 Å². The van der Waals surface area contributed by atoms with Gasteiger partial charge in [0.2, 0.25) is 0 Å². The van der Waals surface area contributed by atoms with Crippen molar-refractivity contribution in [1.29, 1.82) is 5.41 Å². The molecule has 1 fully saturated rings. The van der Waals surface area contributed by atoms with Crippen LogP contribution in [0.15, 0.2) is 35.6 Å². The molecule has 3 aromatic rings. The molecule has 1 saturated heterocycles. The van der Waals surface area contributed by atoms with Crippen LogP contribution in [0.1, 0.15) is 18.4 Å². The number of H-pyrrole nitrogens is 1. The third kappa shape index (κ3) is 3.77. The number of aromatic nitrogens is 4. The number of morpholine rings is 1. The summed E-state index contributed by atoms with van der Waals surface area (Å²) in [6.07, 6.45) is 4.77. The van der Waals surface area contributed by atoms with E-state index in [-0.39, 0.29) is 5.92 Å². The summed E-state index contributed by atoms with van der Waals surface area (Å²) < 4.78 is 5.43. The van der Waals surface area contributed by atoms with Gasteiger partial charge in [0.05, 0.1) is 31.0 Å². The maximum atomic E-state index is 7.08. The van der Waals surface area contributed by atoms with Gasteiger partial charge in [-0.25, -0.2) is 9.97 Å². The maximum absolute atomic E-state index is 7.08. The Labute approximate surface area is 163 Å². The lowest BCUT2D eigenvalue weighted by Crippen LogP contribution is -2.36. The highest BCUT2D eigenvalue weighted by molar-refractivity contribution is 5.93. The van der Waals surface area contributed by atoms with Crippen molar-refractivity contribution in [3.05, 3.63) is 36.2 Å². The lowest BCUT2D eigenvalue weighted by Gasteiger charge is -2.27. The number of nitrogens with zero attached hydrogens (tertiary/aromatic N) is 5. The number of hydrogen-bond donors (Lipinski definition) is 2. The van der Waals surface area contributed by atoms with Crippen molar-refractivity contribution in [3.8, 4) is 11.4 Å². The van der Waals surface area contributed by atoms with E-state index in [1.165, 1.54) is 6.21 Å². The zero-order chi connectivity index (χ0) is 19.3. The van der Waals surface area contributed by atoms with E-state index in [1.807, 2.05) is 18.3 Å². The number of fused-ring (bicyclic) bond motifs is 1. The summed E-state index contributed by atoms with van der Waals surface area (Å²) in [5.74, 6) is 1.05. The molecule has 8 nitrogen and oxygen atoms in total. The molecule has 1 atom stereocenters. The van der Waals surface area contributed by atoms with Gasteiger partial charge in [-0.15, -0.1) is 0 Å². The average molecular weight is 377 g/mol. The van der Waals surface area contributed by atoms with Gasteiger partial charge in [-0.3, -0.25) is 10.1 Å². The van der Waals surface area contributed by atoms with Crippen molar-refractivity contribution in [2.75, 3.05) is 37.7 Å². The molecule has 2 aromatic heterocycles. The minimum atomic E-state index is 0.154. The Morgan fingerprint density at radius 1 is 1.29 bits per heavy atom. The van der Waals surface area contributed by atoms with Gasteiger partial charge in [-0.05, 0) is 17.7 Å². The molecule has 1 aliphatic rings. The molecule has 144 valence electrons. The summed E-state index contributed by atoms with van der Waals surface area (Å²) in [7, 11) is 0. The summed E-state index contributed by atoms with van der Waals surface area (Å²) >= 11 is 0. The van der Waals surface area contributed by atoms with Crippen LogP contribution in [0.3, 0.4) is 0 Å². The summed E-state index contributed by atoms with van der Waals surface area (Å²) in [6.45, 7) is 5.59. The highest BCUT2D eigenvalue weighted by atomic mass is 16.5. The highest BCUT2D eigenvalue weighted by Gasteiger charge is 2.16. The summed E-state index contributed by atoms with van der Waals surface area (Å²) in [5, 5.41) is 15.7. The fraction of sp³-hybridized carbons (Fsp3) is 0.350. The third-order valence-corrected chi connectivity index (χ3v) is 4.87. The second-order valence-electron chi connectivity index (χ2n) is 6.75. The topological polar surface area (TPSA) is 103 Å². The molecule has 28 heavy (non-hydrogen) atoms. The monoisotopic (exact) mass is 377 g/mol. The summed E-state index contributed by atoms with van der Waals surface area (Å²) in [5.41, 5.74) is 3.72. The number of rotatable bonds is 6. The van der Waals surface area contributed by atoms with Crippen LogP contribution in [0.5, 0.6) is 0 Å². The molecule has 0 amide bonds. The zero-order valence-electron chi connectivity index (χ0n) is 15.8. The van der Waals surface area contributed by atoms with Crippen LogP contribution in [0, 0.1) is 5.41 Å². The molecule has 1 aliphatic heterocycles. The van der Waals surface area contributed by atoms with Crippen molar-refractivity contribution in [3.63, 3.8) is 0 Å². The molecule has 0 saturated carbocycles. The van der Waals surface area contributed by atoms with E-state index < -0.39 is 0 Å². The lowest BCUT2D eigenvalue weighted by atomic mass is 9.99. The molecule has 8 heteroatoms. The third-order valence-electron chi connectivity index (χ3n) is 4.87. The SMILES string of the molecule is CC(C=NCC=N)c1ccc2[nH]nc(-c3cc(N4CCOCC4)ncn3)c2c1. The molecule has 2 N–H and O–H groups in total. The predicted molar refractivity (Wildman–Crippen MR) is 111 cm³/mol. The minimum Gasteiger partial charge on any atom is -0.378 e. The second kappa shape index (κ2) is 8.26. The van der Waals surface area contributed by atoms with Gasteiger partial charge in [-0.2, -0.15) is 5.10 Å². The van der Waals surface area contributed by atoms with Crippen molar-refractivity contribution in [1.82, 2.24) is 20.2 Å². The molecule has 0 radical (unpaired) electrons. The number of ether oxygens (including phenoxy) is 1. The van der Waals surface area contributed by atoms with Gasteiger partial charge in [-0.1, -0.05) is 13.0 Å². The second-order valence-corrected chi connectivity index (χ2v) is 6.75. The van der Waals surface area contributed by atoms with Crippen LogP contribution >= 0.6 is 0 Å². The Morgan fingerprint density at radius 2 is 2.14 bits per heavy atom. The van der Waals surface area contributed by atoms with Crippen molar-refractivity contribution in [2.45, 2.75) is 12.8 Å². The fourth-order valence-electron chi connectivity index (χ4n) is 3.31. The smallest absolute Gasteiger partial charge is 0.132 e. The molecule has 3 heterocycles. The minimum absolute atomic E-state index is 0.154. The van der Waals surface area contributed by atoms with Gasteiger partial charge >= 0.3 is 0 Å². The molecular weight excluding hydrogens is 354 g/mol. The molecule has 1 unspecified atom stereocenters. The van der Waals surface area contributed by atoms with Crippen molar-refractivity contribution >= 4 is 29.1 Å². The first-order chi connectivity index (χ1) is 13.8. The van der Waals surface area contributed by atoms with Gasteiger partial charge in [0, 0.05) is 42.9 Å². The zero-order valence-corrected chi connectivity index (χ0v) is 15.8. The highest BCUT2D eigenvalue weighted by Crippen LogP contribution is 2.29. The van der Waals surface area contributed by atoms with E-state index in [0.717, 1.165) is 46.8 Å². The number of benzene rings is 1. The average Bonchev–Trinajstić information content (AvgIpc) is 3.18. The van der Waals surface area contributed by atoms with Gasteiger partial charge in [0.15, 0.2) is 0 Å². The summed E-state index contributed by atoms with van der Waals surface area (Å²) in [6, 6.07) is 8.23. The quantitative estimate of drug-likeness (QED) is 0.643. The van der Waals surface area contributed by atoms with Crippen LogP contribution in [0.4, 0.5) is 5.82 Å². The van der Waals surface area contributed by atoms with Crippen LogP contribution < -0.4 is 4.90 Å². The number of aromatic amines is 1.